The fourth-order valence-corrected chi connectivity index (χ4v) is 3.61. The number of ether oxygens (including phenoxy) is 1. The Bertz CT molecular complexity index is 887. The van der Waals surface area contributed by atoms with Gasteiger partial charge in [0.1, 0.15) is 5.69 Å². The van der Waals surface area contributed by atoms with Gasteiger partial charge in [0.2, 0.25) is 10.0 Å². The first-order chi connectivity index (χ1) is 12.2. The molecule has 0 heterocycles. The molecule has 2 aromatic rings. The van der Waals surface area contributed by atoms with Gasteiger partial charge in [-0.25, -0.2) is 13.1 Å². The van der Waals surface area contributed by atoms with Crippen molar-refractivity contribution < 1.29 is 18.1 Å². The summed E-state index contributed by atoms with van der Waals surface area (Å²) in [6.45, 7) is 1.81. The van der Waals surface area contributed by atoms with Crippen molar-refractivity contribution in [2.45, 2.75) is 17.9 Å². The highest BCUT2D eigenvalue weighted by Gasteiger charge is 2.23. The third-order valence-electron chi connectivity index (χ3n) is 3.37. The number of rotatable bonds is 8. The minimum atomic E-state index is -3.91. The molecule has 2 aromatic carbocycles. The van der Waals surface area contributed by atoms with Gasteiger partial charge in [-0.05, 0) is 43.3 Å². The lowest BCUT2D eigenvalue weighted by molar-refractivity contribution is -0.384. The second-order valence-electron chi connectivity index (χ2n) is 5.55. The van der Waals surface area contributed by atoms with E-state index in [9.17, 15) is 18.5 Å². The normalized spacial score (nSPS) is 12.6. The number of nitrogens with one attached hydrogen (secondary N) is 2. The quantitative estimate of drug-likeness (QED) is 0.520. The molecule has 140 valence electrons. The minimum absolute atomic E-state index is 0.168. The molecule has 0 saturated carbocycles. The first-order valence-corrected chi connectivity index (χ1v) is 9.41. The zero-order valence-corrected chi connectivity index (χ0v) is 15.7. The number of benzene rings is 2. The summed E-state index contributed by atoms with van der Waals surface area (Å²) in [5.74, 6) is 0. The molecule has 2 rings (SSSR count). The molecule has 10 heteroatoms. The van der Waals surface area contributed by atoms with Crippen molar-refractivity contribution in [3.8, 4) is 0 Å². The third-order valence-corrected chi connectivity index (χ3v) is 5.21. The van der Waals surface area contributed by atoms with E-state index in [4.69, 9.17) is 16.3 Å². The number of hydrogen-bond donors (Lipinski definition) is 2. The van der Waals surface area contributed by atoms with Crippen LogP contribution in [0.15, 0.2) is 47.4 Å². The van der Waals surface area contributed by atoms with Gasteiger partial charge in [0.05, 0.1) is 16.4 Å². The molecule has 0 aliphatic rings. The smallest absolute Gasteiger partial charge is 0.294 e. The highest BCUT2D eigenvalue weighted by molar-refractivity contribution is 7.89. The summed E-state index contributed by atoms with van der Waals surface area (Å²) < 4.78 is 32.0. The summed E-state index contributed by atoms with van der Waals surface area (Å²) in [6.07, 6.45) is 0. The SMILES string of the molecule is COC[C@@H](C)NS(=O)(=O)c1ccc(Nc2ccc(Cl)cc2)c([N+](=O)[O-])c1. The van der Waals surface area contributed by atoms with Crippen molar-refractivity contribution in [3.05, 3.63) is 57.6 Å². The van der Waals surface area contributed by atoms with Crippen LogP contribution in [0.2, 0.25) is 5.02 Å². The number of hydrogen-bond acceptors (Lipinski definition) is 6. The van der Waals surface area contributed by atoms with Gasteiger partial charge < -0.3 is 10.1 Å². The van der Waals surface area contributed by atoms with E-state index in [0.29, 0.717) is 10.7 Å². The summed E-state index contributed by atoms with van der Waals surface area (Å²) in [5.41, 5.74) is 0.392. The number of nitro groups is 1. The van der Waals surface area contributed by atoms with Crippen LogP contribution in [-0.4, -0.2) is 33.1 Å². The summed E-state index contributed by atoms with van der Waals surface area (Å²) in [5, 5.41) is 14.8. The molecule has 0 bridgehead atoms. The molecule has 0 amide bonds. The highest BCUT2D eigenvalue weighted by atomic mass is 35.5. The maximum atomic E-state index is 12.4. The molecule has 0 spiro atoms. The van der Waals surface area contributed by atoms with Crippen molar-refractivity contribution in [2.24, 2.45) is 0 Å². The van der Waals surface area contributed by atoms with Gasteiger partial charge in [-0.3, -0.25) is 10.1 Å². The van der Waals surface area contributed by atoms with Crippen LogP contribution in [0.5, 0.6) is 0 Å². The maximum absolute atomic E-state index is 12.4. The Hall–Kier alpha value is -2.20. The Labute approximate surface area is 156 Å². The number of nitrogens with zero attached hydrogens (tertiary/aromatic N) is 1. The van der Waals surface area contributed by atoms with Crippen LogP contribution in [0.25, 0.3) is 0 Å². The monoisotopic (exact) mass is 399 g/mol. The molecule has 0 saturated heterocycles. The second kappa shape index (κ2) is 8.45. The maximum Gasteiger partial charge on any atom is 0.294 e. The topological polar surface area (TPSA) is 111 Å². The Morgan fingerprint density at radius 3 is 2.46 bits per heavy atom. The van der Waals surface area contributed by atoms with E-state index < -0.39 is 21.0 Å². The van der Waals surface area contributed by atoms with Crippen LogP contribution in [0.3, 0.4) is 0 Å². The van der Waals surface area contributed by atoms with E-state index >= 15 is 0 Å². The summed E-state index contributed by atoms with van der Waals surface area (Å²) in [6, 6.07) is 9.77. The molecule has 0 unspecified atom stereocenters. The van der Waals surface area contributed by atoms with Crippen LogP contribution < -0.4 is 10.0 Å². The molecule has 2 N–H and O–H groups in total. The largest absolute Gasteiger partial charge is 0.383 e. The summed E-state index contributed by atoms with van der Waals surface area (Å²) >= 11 is 5.81. The standard InChI is InChI=1S/C16H18ClN3O5S/c1-11(10-25-2)19-26(23,24)14-7-8-15(16(9-14)20(21)22)18-13-5-3-12(17)4-6-13/h3-9,11,18-19H,10H2,1-2H3/t11-/m1/s1. The average Bonchev–Trinajstić information content (AvgIpc) is 2.56. The lowest BCUT2D eigenvalue weighted by Crippen LogP contribution is -2.35. The van der Waals surface area contributed by atoms with E-state index in [2.05, 4.69) is 10.0 Å². The minimum Gasteiger partial charge on any atom is -0.383 e. The van der Waals surface area contributed by atoms with Crippen molar-refractivity contribution in [1.82, 2.24) is 4.72 Å². The Morgan fingerprint density at radius 2 is 1.88 bits per heavy atom. The zero-order valence-electron chi connectivity index (χ0n) is 14.1. The molecule has 26 heavy (non-hydrogen) atoms. The average molecular weight is 400 g/mol. The molecule has 0 aliphatic carbocycles. The molecule has 1 atom stereocenters. The highest BCUT2D eigenvalue weighted by Crippen LogP contribution is 2.30. The van der Waals surface area contributed by atoms with Gasteiger partial charge in [0.15, 0.2) is 0 Å². The summed E-state index contributed by atoms with van der Waals surface area (Å²) in [4.78, 5) is 10.5. The molecule has 0 fully saturated rings. The van der Waals surface area contributed by atoms with Gasteiger partial charge in [-0.2, -0.15) is 0 Å². The molecular formula is C16H18ClN3O5S. The van der Waals surface area contributed by atoms with E-state index in [-0.39, 0.29) is 22.9 Å². The van der Waals surface area contributed by atoms with Gasteiger partial charge in [-0.15, -0.1) is 0 Å². The van der Waals surface area contributed by atoms with Gasteiger partial charge >= 0.3 is 0 Å². The molecule has 0 aliphatic heterocycles. The molecule has 0 radical (unpaired) electrons. The molecule has 0 aromatic heterocycles. The molecular weight excluding hydrogens is 382 g/mol. The predicted octanol–water partition coefficient (Wildman–Crippen LogP) is 3.31. The fourth-order valence-electron chi connectivity index (χ4n) is 2.24. The van der Waals surface area contributed by atoms with Crippen LogP contribution in [-0.2, 0) is 14.8 Å². The first kappa shape index (κ1) is 20.1. The fraction of sp³-hybridized carbons (Fsp3) is 0.250. The van der Waals surface area contributed by atoms with E-state index in [1.54, 1.807) is 31.2 Å². The number of anilines is 2. The van der Waals surface area contributed by atoms with E-state index in [1.807, 2.05) is 0 Å². The van der Waals surface area contributed by atoms with Gasteiger partial charge in [0.25, 0.3) is 5.69 Å². The van der Waals surface area contributed by atoms with E-state index in [1.165, 1.54) is 19.2 Å². The number of nitro benzene ring substituents is 1. The number of sulfonamides is 1. The van der Waals surface area contributed by atoms with Crippen LogP contribution in [0, 0.1) is 10.1 Å². The van der Waals surface area contributed by atoms with Crippen LogP contribution in [0.4, 0.5) is 17.1 Å². The predicted molar refractivity (Wildman–Crippen MR) is 99.5 cm³/mol. The van der Waals surface area contributed by atoms with Gasteiger partial charge in [-0.1, -0.05) is 11.6 Å². The Balaban J connectivity index is 2.33. The number of methoxy groups -OCH3 is 1. The number of halogens is 1. The first-order valence-electron chi connectivity index (χ1n) is 7.55. The molecule has 8 nitrogen and oxygen atoms in total. The van der Waals surface area contributed by atoms with Gasteiger partial charge in [0, 0.05) is 29.9 Å². The van der Waals surface area contributed by atoms with E-state index in [0.717, 1.165) is 6.07 Å². The van der Waals surface area contributed by atoms with Crippen molar-refractivity contribution in [1.29, 1.82) is 0 Å². The third kappa shape index (κ3) is 5.15. The van der Waals surface area contributed by atoms with Crippen molar-refractivity contribution in [2.75, 3.05) is 19.0 Å². The summed E-state index contributed by atoms with van der Waals surface area (Å²) in [7, 11) is -2.46. The zero-order chi connectivity index (χ0) is 19.3. The van der Waals surface area contributed by atoms with Crippen molar-refractivity contribution >= 4 is 38.7 Å². The van der Waals surface area contributed by atoms with Crippen molar-refractivity contribution in [3.63, 3.8) is 0 Å². The Morgan fingerprint density at radius 1 is 1.23 bits per heavy atom. The van der Waals surface area contributed by atoms with Crippen LogP contribution in [0.1, 0.15) is 6.92 Å². The lowest BCUT2D eigenvalue weighted by Gasteiger charge is -2.14. The van der Waals surface area contributed by atoms with Crippen LogP contribution >= 0.6 is 11.6 Å². The Kier molecular flexibility index (Phi) is 6.54. The lowest BCUT2D eigenvalue weighted by atomic mass is 10.2. The second-order valence-corrected chi connectivity index (χ2v) is 7.70.